The van der Waals surface area contributed by atoms with Crippen molar-refractivity contribution >= 4 is 11.6 Å². The van der Waals surface area contributed by atoms with Crippen LogP contribution >= 0.6 is 0 Å². The summed E-state index contributed by atoms with van der Waals surface area (Å²) >= 11 is 0. The molecule has 0 aliphatic carbocycles. The third-order valence-corrected chi connectivity index (χ3v) is 2.62. The average Bonchev–Trinajstić information content (AvgIpc) is 2.29. The summed E-state index contributed by atoms with van der Waals surface area (Å²) in [5.74, 6) is -0.469. The number of hydrogen-bond donors (Lipinski definition) is 1. The number of hydrogen-bond acceptors (Lipinski definition) is 2. The topological polar surface area (TPSA) is 32.3 Å². The number of nitrogens with one attached hydrogen (secondary N) is 1. The smallest absolute Gasteiger partial charge is 0.228 e. The van der Waals surface area contributed by atoms with Crippen molar-refractivity contribution in [2.75, 3.05) is 18.5 Å². The van der Waals surface area contributed by atoms with Gasteiger partial charge in [0.15, 0.2) is 0 Å². The fraction of sp³-hybridized carbons (Fsp3) is 0.462. The van der Waals surface area contributed by atoms with Crippen LogP contribution in [0.5, 0.6) is 0 Å². The monoisotopic (exact) mass is 238 g/mol. The van der Waals surface area contributed by atoms with Crippen LogP contribution in [-0.4, -0.2) is 25.5 Å². The Hall–Kier alpha value is -1.42. The minimum atomic E-state index is -0.376. The van der Waals surface area contributed by atoms with Crippen molar-refractivity contribution in [2.24, 2.45) is 0 Å². The Kier molecular flexibility index (Phi) is 5.10. The molecular weight excluding hydrogens is 219 g/mol. The van der Waals surface area contributed by atoms with Crippen molar-refractivity contribution in [3.63, 3.8) is 0 Å². The standard InChI is InChI=1S/C13H19FN2O/c1-4-15-10(2)9-13(17)16(3)12-8-6-5-7-11(12)14/h5-8,10,15H,4,9H2,1-3H3. The van der Waals surface area contributed by atoms with Crippen molar-refractivity contribution < 1.29 is 9.18 Å². The molecule has 1 N–H and O–H groups in total. The molecule has 0 radical (unpaired) electrons. The van der Waals surface area contributed by atoms with Gasteiger partial charge in [-0.2, -0.15) is 0 Å². The molecule has 1 unspecified atom stereocenters. The lowest BCUT2D eigenvalue weighted by molar-refractivity contribution is -0.118. The van der Waals surface area contributed by atoms with Crippen molar-refractivity contribution in [2.45, 2.75) is 26.3 Å². The number of amides is 1. The Labute approximate surface area is 102 Å². The number of halogens is 1. The van der Waals surface area contributed by atoms with Crippen molar-refractivity contribution in [3.8, 4) is 0 Å². The van der Waals surface area contributed by atoms with E-state index >= 15 is 0 Å². The third kappa shape index (κ3) is 3.82. The van der Waals surface area contributed by atoms with E-state index in [2.05, 4.69) is 5.32 Å². The van der Waals surface area contributed by atoms with Gasteiger partial charge in [-0.25, -0.2) is 4.39 Å². The van der Waals surface area contributed by atoms with Crippen LogP contribution in [0.4, 0.5) is 10.1 Å². The molecule has 0 saturated heterocycles. The van der Waals surface area contributed by atoms with Gasteiger partial charge >= 0.3 is 0 Å². The zero-order valence-corrected chi connectivity index (χ0v) is 10.5. The molecule has 4 heteroatoms. The lowest BCUT2D eigenvalue weighted by Gasteiger charge is -2.20. The third-order valence-electron chi connectivity index (χ3n) is 2.62. The second-order valence-electron chi connectivity index (χ2n) is 4.07. The van der Waals surface area contributed by atoms with Gasteiger partial charge < -0.3 is 10.2 Å². The van der Waals surface area contributed by atoms with Gasteiger partial charge in [-0.05, 0) is 25.6 Å². The highest BCUT2D eigenvalue weighted by atomic mass is 19.1. The largest absolute Gasteiger partial charge is 0.314 e. The maximum Gasteiger partial charge on any atom is 0.228 e. The first-order chi connectivity index (χ1) is 8.06. The molecule has 1 aromatic carbocycles. The number of para-hydroxylation sites is 1. The summed E-state index contributed by atoms with van der Waals surface area (Å²) in [4.78, 5) is 13.3. The summed E-state index contributed by atoms with van der Waals surface area (Å²) in [6.45, 7) is 4.75. The van der Waals surface area contributed by atoms with Crippen LogP contribution in [0, 0.1) is 5.82 Å². The minimum absolute atomic E-state index is 0.0939. The van der Waals surface area contributed by atoms with E-state index in [1.807, 2.05) is 13.8 Å². The van der Waals surface area contributed by atoms with Gasteiger partial charge in [0.1, 0.15) is 5.82 Å². The van der Waals surface area contributed by atoms with Crippen LogP contribution in [0.3, 0.4) is 0 Å². The Balaban J connectivity index is 2.67. The Morgan fingerprint density at radius 1 is 1.47 bits per heavy atom. The van der Waals surface area contributed by atoms with Gasteiger partial charge in [0.05, 0.1) is 5.69 Å². The highest BCUT2D eigenvalue weighted by Gasteiger charge is 2.16. The molecule has 0 spiro atoms. The van der Waals surface area contributed by atoms with E-state index in [1.165, 1.54) is 11.0 Å². The van der Waals surface area contributed by atoms with Crippen LogP contribution in [0.1, 0.15) is 20.3 Å². The lowest BCUT2D eigenvalue weighted by Crippen LogP contribution is -2.35. The van der Waals surface area contributed by atoms with E-state index in [0.29, 0.717) is 12.1 Å². The van der Waals surface area contributed by atoms with Gasteiger partial charge in [-0.3, -0.25) is 4.79 Å². The van der Waals surface area contributed by atoms with Crippen molar-refractivity contribution in [1.29, 1.82) is 0 Å². The van der Waals surface area contributed by atoms with E-state index in [4.69, 9.17) is 0 Å². The number of rotatable bonds is 5. The van der Waals surface area contributed by atoms with Crippen molar-refractivity contribution in [3.05, 3.63) is 30.1 Å². The highest BCUT2D eigenvalue weighted by Crippen LogP contribution is 2.17. The molecule has 17 heavy (non-hydrogen) atoms. The van der Waals surface area contributed by atoms with Crippen LogP contribution in [0.2, 0.25) is 0 Å². The molecule has 0 aromatic heterocycles. The molecule has 0 fully saturated rings. The first kappa shape index (κ1) is 13.6. The predicted octanol–water partition coefficient (Wildman–Crippen LogP) is 2.18. The fourth-order valence-corrected chi connectivity index (χ4v) is 1.68. The minimum Gasteiger partial charge on any atom is -0.314 e. The maximum absolute atomic E-state index is 13.5. The number of anilines is 1. The van der Waals surface area contributed by atoms with E-state index in [0.717, 1.165) is 6.54 Å². The molecule has 0 aliphatic heterocycles. The number of benzene rings is 1. The number of nitrogens with zero attached hydrogens (tertiary/aromatic N) is 1. The normalized spacial score (nSPS) is 12.2. The van der Waals surface area contributed by atoms with Crippen LogP contribution < -0.4 is 10.2 Å². The maximum atomic E-state index is 13.5. The second kappa shape index (κ2) is 6.35. The molecule has 0 aliphatic rings. The van der Waals surface area contributed by atoms with Crippen LogP contribution in [-0.2, 0) is 4.79 Å². The molecule has 1 rings (SSSR count). The van der Waals surface area contributed by atoms with Crippen LogP contribution in [0.25, 0.3) is 0 Å². The van der Waals surface area contributed by atoms with Crippen molar-refractivity contribution in [1.82, 2.24) is 5.32 Å². The first-order valence-corrected chi connectivity index (χ1v) is 5.80. The van der Waals surface area contributed by atoms with Gasteiger partial charge in [-0.15, -0.1) is 0 Å². The zero-order chi connectivity index (χ0) is 12.8. The van der Waals surface area contributed by atoms with Gasteiger partial charge in [0, 0.05) is 19.5 Å². The summed E-state index contributed by atoms with van der Waals surface area (Å²) in [7, 11) is 1.60. The molecule has 0 saturated carbocycles. The molecule has 1 amide bonds. The molecule has 1 aromatic rings. The first-order valence-electron chi connectivity index (χ1n) is 5.80. The molecular formula is C13H19FN2O. The van der Waals surface area contributed by atoms with Crippen LogP contribution in [0.15, 0.2) is 24.3 Å². The highest BCUT2D eigenvalue weighted by molar-refractivity contribution is 5.93. The second-order valence-corrected chi connectivity index (χ2v) is 4.07. The number of carbonyl (C=O) groups is 1. The van der Waals surface area contributed by atoms with Gasteiger partial charge in [0.2, 0.25) is 5.91 Å². The summed E-state index contributed by atoms with van der Waals surface area (Å²) in [5.41, 5.74) is 0.321. The fourth-order valence-electron chi connectivity index (χ4n) is 1.68. The molecule has 94 valence electrons. The van der Waals surface area contributed by atoms with Gasteiger partial charge in [0.25, 0.3) is 0 Å². The molecule has 3 nitrogen and oxygen atoms in total. The van der Waals surface area contributed by atoms with E-state index in [-0.39, 0.29) is 17.8 Å². The summed E-state index contributed by atoms with van der Waals surface area (Å²) in [6, 6.07) is 6.38. The van der Waals surface area contributed by atoms with E-state index < -0.39 is 0 Å². The molecule has 0 heterocycles. The Bertz CT molecular complexity index is 381. The SMILES string of the molecule is CCNC(C)CC(=O)N(C)c1ccccc1F. The summed E-state index contributed by atoms with van der Waals surface area (Å²) < 4.78 is 13.5. The Morgan fingerprint density at radius 2 is 2.12 bits per heavy atom. The average molecular weight is 238 g/mol. The summed E-state index contributed by atoms with van der Waals surface area (Å²) in [6.07, 6.45) is 0.360. The van der Waals surface area contributed by atoms with Gasteiger partial charge in [-0.1, -0.05) is 19.1 Å². The zero-order valence-electron chi connectivity index (χ0n) is 10.5. The quantitative estimate of drug-likeness (QED) is 0.852. The van der Waals surface area contributed by atoms with E-state index in [1.54, 1.807) is 25.2 Å². The molecule has 1 atom stereocenters. The number of carbonyl (C=O) groups excluding carboxylic acids is 1. The molecule has 0 bridgehead atoms. The van der Waals surface area contributed by atoms with E-state index in [9.17, 15) is 9.18 Å². The Morgan fingerprint density at radius 3 is 2.71 bits per heavy atom. The lowest BCUT2D eigenvalue weighted by atomic mass is 10.2. The predicted molar refractivity (Wildman–Crippen MR) is 67.6 cm³/mol. The summed E-state index contributed by atoms with van der Waals surface area (Å²) in [5, 5.41) is 3.16.